The minimum Gasteiger partial charge on any atom is -0.379 e. The second-order valence-corrected chi connectivity index (χ2v) is 8.98. The summed E-state index contributed by atoms with van der Waals surface area (Å²) in [6.07, 6.45) is 0.110. The van der Waals surface area contributed by atoms with Crippen LogP contribution in [0.25, 0.3) is 0 Å². The van der Waals surface area contributed by atoms with Crippen molar-refractivity contribution >= 4 is 17.7 Å². The van der Waals surface area contributed by atoms with Crippen LogP contribution in [0.5, 0.6) is 0 Å². The third-order valence-electron chi connectivity index (χ3n) is 5.21. The SMILES string of the molecule is CC.CNCCOCCOCCOCCOCCC(=O)NC(C(=O)NC(C)C(N)=O)C(C)C.OOCc1ccccc1.[CH3-].[CH3-].[Y]. The van der Waals surface area contributed by atoms with E-state index >= 15 is 0 Å². The minimum absolute atomic E-state index is 0. The van der Waals surface area contributed by atoms with Crippen molar-refractivity contribution in [2.45, 2.75) is 59.7 Å². The van der Waals surface area contributed by atoms with E-state index < -0.39 is 23.9 Å². The summed E-state index contributed by atoms with van der Waals surface area (Å²) in [6.45, 7) is 13.8. The Morgan fingerprint density at radius 2 is 1.27 bits per heavy atom. The number of carbonyl (C=O) groups is 3. The molecule has 0 aliphatic rings. The van der Waals surface area contributed by atoms with Gasteiger partial charge >= 0.3 is 0 Å². The Bertz CT molecular complexity index is 794. The van der Waals surface area contributed by atoms with Gasteiger partial charge in [-0.05, 0) is 25.5 Å². The molecule has 1 aromatic carbocycles. The Hall–Kier alpha value is -1.55. The zero-order valence-electron chi connectivity index (χ0n) is 28.8. The van der Waals surface area contributed by atoms with Crippen LogP contribution >= 0.6 is 0 Å². The van der Waals surface area contributed by atoms with Crippen LogP contribution < -0.4 is 21.7 Å². The van der Waals surface area contributed by atoms with E-state index in [1.165, 1.54) is 6.92 Å². The van der Waals surface area contributed by atoms with E-state index in [4.69, 9.17) is 29.9 Å². The minimum atomic E-state index is -0.809. The summed E-state index contributed by atoms with van der Waals surface area (Å²) in [5, 5.41) is 16.2. The van der Waals surface area contributed by atoms with E-state index in [0.29, 0.717) is 46.2 Å². The monoisotopic (exact) mass is 721 g/mol. The number of primary amides is 1. The van der Waals surface area contributed by atoms with Crippen molar-refractivity contribution in [2.24, 2.45) is 11.7 Å². The van der Waals surface area contributed by atoms with Crippen LogP contribution in [0, 0.1) is 20.8 Å². The number of hydrogen-bond acceptors (Lipinski definition) is 10. The zero-order valence-corrected chi connectivity index (χ0v) is 31.6. The molecule has 0 aliphatic carbocycles. The topological polar surface area (TPSA) is 180 Å². The molecule has 1 radical (unpaired) electrons. The molecule has 2 unspecified atom stereocenters. The molecule has 263 valence electrons. The molecule has 45 heavy (non-hydrogen) atoms. The molecule has 0 saturated heterocycles. The molecule has 1 aromatic rings. The predicted octanol–water partition coefficient (Wildman–Crippen LogP) is 2.39. The van der Waals surface area contributed by atoms with Crippen LogP contribution in [0.15, 0.2) is 30.3 Å². The fraction of sp³-hybridized carbons (Fsp3) is 0.645. The molecule has 0 aromatic heterocycles. The maximum atomic E-state index is 12.2. The first-order valence-corrected chi connectivity index (χ1v) is 14.4. The van der Waals surface area contributed by atoms with E-state index in [1.54, 1.807) is 13.8 Å². The number of rotatable bonds is 22. The molecule has 6 N–H and O–H groups in total. The molecule has 0 saturated carbocycles. The number of benzene rings is 1. The number of carbonyl (C=O) groups excluding carboxylic acids is 3. The van der Waals surface area contributed by atoms with Gasteiger partial charge in [0.05, 0.1) is 52.9 Å². The normalized spacial score (nSPS) is 11.0. The first-order chi connectivity index (χ1) is 20.2. The van der Waals surface area contributed by atoms with Gasteiger partial charge in [0.2, 0.25) is 17.7 Å². The number of ether oxygens (including phenoxy) is 4. The molecule has 0 heterocycles. The van der Waals surface area contributed by atoms with E-state index in [1.807, 2.05) is 51.2 Å². The summed E-state index contributed by atoms with van der Waals surface area (Å²) < 4.78 is 21.4. The maximum Gasteiger partial charge on any atom is 0.243 e. The average molecular weight is 722 g/mol. The van der Waals surface area contributed by atoms with Crippen LogP contribution in [-0.2, 0) is 77.5 Å². The molecule has 14 heteroatoms. The largest absolute Gasteiger partial charge is 0.379 e. The Morgan fingerprint density at radius 1 is 0.800 bits per heavy atom. The molecule has 0 bridgehead atoms. The molecule has 0 aliphatic heterocycles. The van der Waals surface area contributed by atoms with Gasteiger partial charge in [-0.1, -0.05) is 58.0 Å². The van der Waals surface area contributed by atoms with Crippen molar-refractivity contribution in [1.82, 2.24) is 16.0 Å². The maximum absolute atomic E-state index is 12.2. The van der Waals surface area contributed by atoms with E-state index in [9.17, 15) is 14.4 Å². The van der Waals surface area contributed by atoms with Crippen LogP contribution in [-0.4, -0.2) is 102 Å². The summed E-state index contributed by atoms with van der Waals surface area (Å²) in [5.41, 5.74) is 6.12. The summed E-state index contributed by atoms with van der Waals surface area (Å²) in [5.74, 6) is -1.55. The van der Waals surface area contributed by atoms with Gasteiger partial charge in [0.15, 0.2) is 0 Å². The van der Waals surface area contributed by atoms with Crippen LogP contribution in [0.1, 0.15) is 46.6 Å². The number of nitrogens with one attached hydrogen (secondary N) is 3. The first-order valence-electron chi connectivity index (χ1n) is 14.4. The van der Waals surface area contributed by atoms with E-state index in [0.717, 1.165) is 12.1 Å². The fourth-order valence-electron chi connectivity index (χ4n) is 2.90. The van der Waals surface area contributed by atoms with Gasteiger partial charge in [0.25, 0.3) is 0 Å². The zero-order chi connectivity index (χ0) is 32.0. The van der Waals surface area contributed by atoms with Crippen LogP contribution in [0.2, 0.25) is 0 Å². The standard InChI is InChI=1S/C20H40N4O7.C7H8O2.C2H6.2CH3.Y/c1-15(2)18(20(27)23-16(3)19(21)26)24-17(25)5-7-28-9-11-30-13-14-31-12-10-29-8-6-22-4;8-9-6-7-4-2-1-3-5-7;1-2;;;/h15-16,18,22H,5-14H2,1-4H3,(H2,21,26)(H,23,27)(H,24,25);1-5,8H,6H2;1-2H3;2*1H3;/q;;;2*-1;. The number of hydrogen-bond donors (Lipinski definition) is 5. The molecule has 2 atom stereocenters. The van der Waals surface area contributed by atoms with Crippen molar-refractivity contribution in [2.75, 3.05) is 66.4 Å². The molecular weight excluding hydrogens is 661 g/mol. The molecule has 13 nitrogen and oxygen atoms in total. The quantitative estimate of drug-likeness (QED) is 0.0517. The van der Waals surface area contributed by atoms with Gasteiger partial charge < -0.3 is 55.5 Å². The second kappa shape index (κ2) is 38.6. The summed E-state index contributed by atoms with van der Waals surface area (Å²) in [6, 6.07) is 7.91. The predicted molar refractivity (Wildman–Crippen MR) is 173 cm³/mol. The molecule has 0 spiro atoms. The average Bonchev–Trinajstić information content (AvgIpc) is 2.98. The van der Waals surface area contributed by atoms with Gasteiger partial charge in [-0.2, -0.15) is 0 Å². The van der Waals surface area contributed by atoms with Crippen molar-refractivity contribution < 1.29 is 76.2 Å². The van der Waals surface area contributed by atoms with Crippen molar-refractivity contribution in [3.05, 3.63) is 50.7 Å². The van der Waals surface area contributed by atoms with Gasteiger partial charge in [-0.15, -0.1) is 0 Å². The number of nitrogens with two attached hydrogens (primary N) is 1. The molecule has 0 fully saturated rings. The van der Waals surface area contributed by atoms with Crippen molar-refractivity contribution in [1.29, 1.82) is 0 Å². The van der Waals surface area contributed by atoms with Crippen LogP contribution in [0.3, 0.4) is 0 Å². The Labute approximate surface area is 297 Å². The van der Waals surface area contributed by atoms with Gasteiger partial charge in [-0.25, -0.2) is 4.89 Å². The van der Waals surface area contributed by atoms with Gasteiger partial charge in [0.1, 0.15) is 18.7 Å². The van der Waals surface area contributed by atoms with Gasteiger partial charge in [-0.3, -0.25) is 19.6 Å². The summed E-state index contributed by atoms with van der Waals surface area (Å²) in [4.78, 5) is 39.3. The third-order valence-corrected chi connectivity index (χ3v) is 5.21. The van der Waals surface area contributed by atoms with Crippen LogP contribution in [0.4, 0.5) is 0 Å². The van der Waals surface area contributed by atoms with Gasteiger partial charge in [0, 0.05) is 45.7 Å². The summed E-state index contributed by atoms with van der Waals surface area (Å²) in [7, 11) is 1.87. The smallest absolute Gasteiger partial charge is 0.243 e. The Balaban J connectivity index is -0.000000322. The number of likely N-dealkylation sites (N-methyl/N-ethyl adjacent to an activating group) is 1. The summed E-state index contributed by atoms with van der Waals surface area (Å²) >= 11 is 0. The number of amides is 3. The van der Waals surface area contributed by atoms with Crippen molar-refractivity contribution in [3.63, 3.8) is 0 Å². The second-order valence-electron chi connectivity index (χ2n) is 8.98. The van der Waals surface area contributed by atoms with E-state index in [-0.39, 0.29) is 79.0 Å². The molecule has 1 rings (SSSR count). The Morgan fingerprint density at radius 3 is 1.69 bits per heavy atom. The van der Waals surface area contributed by atoms with E-state index in [2.05, 4.69) is 20.8 Å². The van der Waals surface area contributed by atoms with Crippen molar-refractivity contribution in [3.8, 4) is 0 Å². The molecular formula is C31H60N4O9Y-2. The third kappa shape index (κ3) is 33.6. The first kappa shape index (κ1) is 53.0. The fourth-order valence-corrected chi connectivity index (χ4v) is 2.90. The molecule has 3 amide bonds. The Kier molecular flexibility index (Phi) is 45.5.